The van der Waals surface area contributed by atoms with Gasteiger partial charge in [0.25, 0.3) is 11.7 Å². The first-order valence-electron chi connectivity index (χ1n) is 5.62. The number of benzene rings is 1. The second-order valence-corrected chi connectivity index (χ2v) is 3.92. The number of likely N-dealkylation sites (N-methyl/N-ethyl adjacent to an activating group) is 1. The molecule has 0 fully saturated rings. The first-order chi connectivity index (χ1) is 8.56. The molecule has 0 bridgehead atoms. The number of hydrogen-bond acceptors (Lipinski definition) is 3. The molecule has 1 amide bonds. The first-order valence-corrected chi connectivity index (χ1v) is 5.62. The minimum atomic E-state index is -0.888. The number of nitrogens with zero attached hydrogens (tertiary/aromatic N) is 1. The van der Waals surface area contributed by atoms with E-state index < -0.39 is 23.3 Å². The Hall–Kier alpha value is -1.82. The molecular formula is C12H12F2N2O2. The van der Waals surface area contributed by atoms with Gasteiger partial charge in [0.15, 0.2) is 5.82 Å². The number of halogens is 2. The second kappa shape index (κ2) is 4.81. The monoisotopic (exact) mass is 254 g/mol. The van der Waals surface area contributed by atoms with Crippen molar-refractivity contribution in [1.82, 2.24) is 5.32 Å². The number of amides is 1. The van der Waals surface area contributed by atoms with Gasteiger partial charge in [-0.15, -0.1) is 0 Å². The van der Waals surface area contributed by atoms with Crippen LogP contribution in [0.4, 0.5) is 14.5 Å². The molecule has 0 saturated heterocycles. The molecular weight excluding hydrogens is 242 g/mol. The molecule has 4 nitrogen and oxygen atoms in total. The van der Waals surface area contributed by atoms with Crippen LogP contribution in [0, 0.1) is 11.6 Å². The number of ketones is 1. The number of anilines is 1. The van der Waals surface area contributed by atoms with Gasteiger partial charge in [0.05, 0.1) is 11.3 Å². The van der Waals surface area contributed by atoms with Crippen LogP contribution in [-0.4, -0.2) is 31.3 Å². The average molecular weight is 254 g/mol. The Morgan fingerprint density at radius 1 is 1.28 bits per heavy atom. The molecule has 0 radical (unpaired) electrons. The summed E-state index contributed by atoms with van der Waals surface area (Å²) in [5, 5.41) is 2.97. The SMILES string of the molecule is CCNCCN1C(=O)C(=O)c2cc(F)cc(F)c21. The lowest BCUT2D eigenvalue weighted by Gasteiger charge is -2.16. The van der Waals surface area contributed by atoms with E-state index in [4.69, 9.17) is 0 Å². The summed E-state index contributed by atoms with van der Waals surface area (Å²) < 4.78 is 26.7. The highest BCUT2D eigenvalue weighted by Crippen LogP contribution is 2.32. The topological polar surface area (TPSA) is 49.4 Å². The third-order valence-electron chi connectivity index (χ3n) is 2.74. The van der Waals surface area contributed by atoms with Crippen LogP contribution in [0.5, 0.6) is 0 Å². The predicted molar refractivity (Wildman–Crippen MR) is 61.6 cm³/mol. The lowest BCUT2D eigenvalue weighted by molar-refractivity contribution is -0.114. The van der Waals surface area contributed by atoms with Gasteiger partial charge in [0.2, 0.25) is 0 Å². The molecule has 96 valence electrons. The molecule has 1 heterocycles. The molecule has 0 atom stereocenters. The number of hydrogen-bond donors (Lipinski definition) is 1. The zero-order chi connectivity index (χ0) is 13.3. The van der Waals surface area contributed by atoms with Crippen molar-refractivity contribution in [3.8, 4) is 0 Å². The molecule has 1 N–H and O–H groups in total. The Morgan fingerprint density at radius 2 is 2.00 bits per heavy atom. The summed E-state index contributed by atoms with van der Waals surface area (Å²) in [4.78, 5) is 24.3. The van der Waals surface area contributed by atoms with E-state index in [1.165, 1.54) is 0 Å². The van der Waals surface area contributed by atoms with Gasteiger partial charge in [-0.25, -0.2) is 8.78 Å². The van der Waals surface area contributed by atoms with Crippen molar-refractivity contribution >= 4 is 17.4 Å². The summed E-state index contributed by atoms with van der Waals surface area (Å²) in [5.74, 6) is -3.42. The van der Waals surface area contributed by atoms with E-state index in [0.29, 0.717) is 19.2 Å². The number of Topliss-reactive ketones (excluding diaryl/α,β-unsaturated/α-hetero) is 1. The standard InChI is InChI=1S/C12H12F2N2O2/c1-2-15-3-4-16-10-8(11(17)12(16)18)5-7(13)6-9(10)14/h5-6,15H,2-4H2,1H3. The van der Waals surface area contributed by atoms with Crippen LogP contribution in [0.15, 0.2) is 12.1 Å². The Kier molecular flexibility index (Phi) is 3.38. The van der Waals surface area contributed by atoms with Crippen LogP contribution in [0.25, 0.3) is 0 Å². The highest BCUT2D eigenvalue weighted by Gasteiger charge is 2.38. The third kappa shape index (κ3) is 1.99. The zero-order valence-electron chi connectivity index (χ0n) is 9.80. The van der Waals surface area contributed by atoms with Gasteiger partial charge < -0.3 is 10.2 Å². The van der Waals surface area contributed by atoms with Crippen LogP contribution in [0.3, 0.4) is 0 Å². The molecule has 0 spiro atoms. The van der Waals surface area contributed by atoms with E-state index >= 15 is 0 Å². The summed E-state index contributed by atoms with van der Waals surface area (Å²) in [6, 6.07) is 1.57. The van der Waals surface area contributed by atoms with Crippen LogP contribution in [-0.2, 0) is 4.79 Å². The molecule has 1 aromatic carbocycles. The van der Waals surface area contributed by atoms with E-state index in [0.717, 1.165) is 11.0 Å². The van der Waals surface area contributed by atoms with Crippen molar-refractivity contribution in [2.45, 2.75) is 6.92 Å². The van der Waals surface area contributed by atoms with Crippen LogP contribution >= 0.6 is 0 Å². The zero-order valence-corrected chi connectivity index (χ0v) is 9.80. The molecule has 0 aliphatic carbocycles. The van der Waals surface area contributed by atoms with E-state index in [1.54, 1.807) is 0 Å². The van der Waals surface area contributed by atoms with Gasteiger partial charge in [-0.3, -0.25) is 9.59 Å². The van der Waals surface area contributed by atoms with Crippen molar-refractivity contribution in [3.63, 3.8) is 0 Å². The fourth-order valence-electron chi connectivity index (χ4n) is 1.93. The fraction of sp³-hybridized carbons (Fsp3) is 0.333. The van der Waals surface area contributed by atoms with Crippen LogP contribution < -0.4 is 10.2 Å². The van der Waals surface area contributed by atoms with E-state index in [9.17, 15) is 18.4 Å². The fourth-order valence-corrected chi connectivity index (χ4v) is 1.93. The highest BCUT2D eigenvalue weighted by molar-refractivity contribution is 6.52. The van der Waals surface area contributed by atoms with Crippen molar-refractivity contribution in [2.24, 2.45) is 0 Å². The lowest BCUT2D eigenvalue weighted by Crippen LogP contribution is -2.36. The van der Waals surface area contributed by atoms with Crippen molar-refractivity contribution in [2.75, 3.05) is 24.5 Å². The van der Waals surface area contributed by atoms with Gasteiger partial charge in [0, 0.05) is 19.2 Å². The van der Waals surface area contributed by atoms with Crippen molar-refractivity contribution in [1.29, 1.82) is 0 Å². The van der Waals surface area contributed by atoms with E-state index in [2.05, 4.69) is 5.32 Å². The maximum Gasteiger partial charge on any atom is 0.299 e. The molecule has 1 aromatic rings. The Bertz CT molecular complexity index is 517. The lowest BCUT2D eigenvalue weighted by atomic mass is 10.1. The molecule has 2 rings (SSSR count). The quantitative estimate of drug-likeness (QED) is 0.646. The van der Waals surface area contributed by atoms with Crippen molar-refractivity contribution in [3.05, 3.63) is 29.3 Å². The van der Waals surface area contributed by atoms with Crippen molar-refractivity contribution < 1.29 is 18.4 Å². The molecule has 0 aromatic heterocycles. The Balaban J connectivity index is 2.36. The number of carbonyl (C=O) groups is 2. The smallest absolute Gasteiger partial charge is 0.299 e. The minimum absolute atomic E-state index is 0.121. The first kappa shape index (κ1) is 12.6. The molecule has 1 aliphatic rings. The summed E-state index contributed by atoms with van der Waals surface area (Å²) in [6.45, 7) is 3.20. The number of fused-ring (bicyclic) bond motifs is 1. The van der Waals surface area contributed by atoms with E-state index in [1.807, 2.05) is 6.92 Å². The van der Waals surface area contributed by atoms with Crippen LogP contribution in [0.1, 0.15) is 17.3 Å². The van der Waals surface area contributed by atoms with E-state index in [-0.39, 0.29) is 17.8 Å². The largest absolute Gasteiger partial charge is 0.315 e. The maximum absolute atomic E-state index is 13.7. The minimum Gasteiger partial charge on any atom is -0.315 e. The van der Waals surface area contributed by atoms with Gasteiger partial charge in [0.1, 0.15) is 5.82 Å². The number of nitrogens with one attached hydrogen (secondary N) is 1. The molecule has 1 aliphatic heterocycles. The summed E-state index contributed by atoms with van der Waals surface area (Å²) in [5.41, 5.74) is -0.321. The average Bonchev–Trinajstić information content (AvgIpc) is 2.55. The molecule has 0 saturated carbocycles. The molecule has 6 heteroatoms. The summed E-state index contributed by atoms with van der Waals surface area (Å²) in [7, 11) is 0. The molecule has 0 unspecified atom stereocenters. The predicted octanol–water partition coefficient (Wildman–Crippen LogP) is 1.10. The number of carbonyl (C=O) groups excluding carboxylic acids is 2. The third-order valence-corrected chi connectivity index (χ3v) is 2.74. The summed E-state index contributed by atoms with van der Waals surface area (Å²) >= 11 is 0. The van der Waals surface area contributed by atoms with Crippen LogP contribution in [0.2, 0.25) is 0 Å². The molecule has 18 heavy (non-hydrogen) atoms. The maximum atomic E-state index is 13.7. The van der Waals surface area contributed by atoms with Gasteiger partial charge in [-0.1, -0.05) is 6.92 Å². The van der Waals surface area contributed by atoms with Gasteiger partial charge in [-0.2, -0.15) is 0 Å². The second-order valence-electron chi connectivity index (χ2n) is 3.92. The normalized spacial score (nSPS) is 14.3. The number of rotatable bonds is 4. The van der Waals surface area contributed by atoms with Gasteiger partial charge in [-0.05, 0) is 12.6 Å². The Morgan fingerprint density at radius 3 is 2.67 bits per heavy atom. The van der Waals surface area contributed by atoms with Gasteiger partial charge >= 0.3 is 0 Å². The highest BCUT2D eigenvalue weighted by atomic mass is 19.1. The summed E-state index contributed by atoms with van der Waals surface area (Å²) in [6.07, 6.45) is 0. The Labute approximate surface area is 103 Å².